The summed E-state index contributed by atoms with van der Waals surface area (Å²) in [7, 11) is 0. The van der Waals surface area contributed by atoms with Gasteiger partial charge in [-0.3, -0.25) is 14.7 Å². The predicted octanol–water partition coefficient (Wildman–Crippen LogP) is 1.08. The molecular weight excluding hydrogens is 188 g/mol. The lowest BCUT2D eigenvalue weighted by Gasteiger charge is -1.92. The van der Waals surface area contributed by atoms with Gasteiger partial charge in [0.2, 0.25) is 5.82 Å². The van der Waals surface area contributed by atoms with Crippen LogP contribution in [0.25, 0.3) is 5.82 Å². The number of hydrogen-bond donors (Lipinski definition) is 0. The van der Waals surface area contributed by atoms with Crippen molar-refractivity contribution in [2.45, 2.75) is 6.92 Å². The first-order chi connectivity index (χ1) is 6.68. The van der Waals surface area contributed by atoms with Crippen LogP contribution in [0.5, 0.6) is 0 Å². The molecule has 0 saturated heterocycles. The second-order valence-corrected chi connectivity index (χ2v) is 2.71. The van der Waals surface area contributed by atoms with Gasteiger partial charge in [-0.25, -0.2) is 4.63 Å². The van der Waals surface area contributed by atoms with Crippen LogP contribution in [0.4, 0.5) is 5.69 Å². The van der Waals surface area contributed by atoms with Crippen LogP contribution in [-0.4, -0.2) is 19.8 Å². The molecule has 2 rings (SSSR count). The number of aromatic nitrogens is 3. The van der Waals surface area contributed by atoms with Crippen LogP contribution in [0.1, 0.15) is 5.69 Å². The van der Waals surface area contributed by atoms with Gasteiger partial charge in [0.1, 0.15) is 5.69 Å². The smallest absolute Gasteiger partial charge is 0.287 e. The fourth-order valence-electron chi connectivity index (χ4n) is 1.09. The minimum Gasteiger partial charge on any atom is -0.297 e. The number of nitro groups is 1. The standard InChI is InChI=1S/C7H6N4O3/c1-5-7(9-14-8-5)10-3-2-6(4-10)11(12)13/h2-4H,1H3. The monoisotopic (exact) mass is 194 g/mol. The van der Waals surface area contributed by atoms with Gasteiger partial charge < -0.3 is 0 Å². The number of aryl methyl sites for hydroxylation is 1. The maximum absolute atomic E-state index is 10.4. The molecule has 7 heteroatoms. The molecule has 2 aromatic heterocycles. The molecule has 0 atom stereocenters. The van der Waals surface area contributed by atoms with Crippen molar-refractivity contribution in [3.05, 3.63) is 34.3 Å². The zero-order valence-electron chi connectivity index (χ0n) is 7.25. The molecule has 72 valence electrons. The van der Waals surface area contributed by atoms with E-state index in [1.54, 1.807) is 6.92 Å². The molecule has 0 fully saturated rings. The van der Waals surface area contributed by atoms with Crippen LogP contribution in [0.2, 0.25) is 0 Å². The number of rotatable bonds is 2. The maximum atomic E-state index is 10.4. The molecule has 2 heterocycles. The van der Waals surface area contributed by atoms with Gasteiger partial charge in [-0.05, 0) is 12.1 Å². The molecule has 0 spiro atoms. The molecule has 0 amide bonds. The van der Waals surface area contributed by atoms with Gasteiger partial charge in [0.15, 0.2) is 0 Å². The van der Waals surface area contributed by atoms with Crippen molar-refractivity contribution in [3.8, 4) is 5.82 Å². The molecule has 0 radical (unpaired) electrons. The molecule has 2 aromatic rings. The summed E-state index contributed by atoms with van der Waals surface area (Å²) in [5.74, 6) is 0.457. The van der Waals surface area contributed by atoms with Crippen molar-refractivity contribution in [2.24, 2.45) is 0 Å². The van der Waals surface area contributed by atoms with Crippen LogP contribution in [0.15, 0.2) is 23.1 Å². The first kappa shape index (κ1) is 8.42. The second-order valence-electron chi connectivity index (χ2n) is 2.71. The summed E-state index contributed by atoms with van der Waals surface area (Å²) in [5.41, 5.74) is 0.586. The Morgan fingerprint density at radius 3 is 2.86 bits per heavy atom. The third kappa shape index (κ3) is 1.24. The maximum Gasteiger partial charge on any atom is 0.287 e. The van der Waals surface area contributed by atoms with E-state index in [0.29, 0.717) is 11.5 Å². The topological polar surface area (TPSA) is 87.0 Å². The Labute approximate surface area is 78.1 Å². The summed E-state index contributed by atoms with van der Waals surface area (Å²) in [6.07, 6.45) is 2.89. The largest absolute Gasteiger partial charge is 0.297 e. The summed E-state index contributed by atoms with van der Waals surface area (Å²) in [6, 6.07) is 1.38. The molecule has 0 aliphatic heterocycles. The average Bonchev–Trinajstić information content (AvgIpc) is 2.71. The lowest BCUT2D eigenvalue weighted by atomic mass is 10.5. The van der Waals surface area contributed by atoms with E-state index in [-0.39, 0.29) is 5.69 Å². The summed E-state index contributed by atoms with van der Waals surface area (Å²) >= 11 is 0. The molecule has 0 N–H and O–H groups in total. The van der Waals surface area contributed by atoms with Crippen molar-refractivity contribution < 1.29 is 9.55 Å². The highest BCUT2D eigenvalue weighted by Crippen LogP contribution is 2.15. The molecule has 14 heavy (non-hydrogen) atoms. The van der Waals surface area contributed by atoms with E-state index in [9.17, 15) is 10.1 Å². The van der Waals surface area contributed by atoms with Crippen molar-refractivity contribution in [2.75, 3.05) is 0 Å². The van der Waals surface area contributed by atoms with E-state index >= 15 is 0 Å². The molecule has 0 aromatic carbocycles. The minimum atomic E-state index is -0.473. The summed E-state index contributed by atoms with van der Waals surface area (Å²) < 4.78 is 5.97. The summed E-state index contributed by atoms with van der Waals surface area (Å²) in [4.78, 5) is 9.93. The number of nitrogens with zero attached hydrogens (tertiary/aromatic N) is 4. The highest BCUT2D eigenvalue weighted by Gasteiger charge is 2.12. The van der Waals surface area contributed by atoms with E-state index in [0.717, 1.165) is 0 Å². The van der Waals surface area contributed by atoms with Crippen LogP contribution < -0.4 is 0 Å². The Morgan fingerprint density at radius 2 is 2.36 bits per heavy atom. The molecule has 7 nitrogen and oxygen atoms in total. The Balaban J connectivity index is 2.43. The molecular formula is C7H6N4O3. The van der Waals surface area contributed by atoms with E-state index < -0.39 is 4.92 Å². The quantitative estimate of drug-likeness (QED) is 0.527. The normalized spacial score (nSPS) is 10.4. The van der Waals surface area contributed by atoms with E-state index in [1.807, 2.05) is 0 Å². The van der Waals surface area contributed by atoms with E-state index in [1.165, 1.54) is 23.0 Å². The Hall–Kier alpha value is -2.18. The summed E-state index contributed by atoms with van der Waals surface area (Å²) in [5, 5.41) is 17.6. The molecule has 0 aliphatic carbocycles. The molecule has 0 unspecified atom stereocenters. The third-order valence-corrected chi connectivity index (χ3v) is 1.76. The molecule has 0 aliphatic rings. The molecule has 0 saturated carbocycles. The lowest BCUT2D eigenvalue weighted by Crippen LogP contribution is -1.92. The van der Waals surface area contributed by atoms with Crippen molar-refractivity contribution in [1.29, 1.82) is 0 Å². The van der Waals surface area contributed by atoms with Gasteiger partial charge >= 0.3 is 0 Å². The van der Waals surface area contributed by atoms with Gasteiger partial charge in [-0.2, -0.15) is 0 Å². The van der Waals surface area contributed by atoms with Gasteiger partial charge in [-0.1, -0.05) is 5.16 Å². The van der Waals surface area contributed by atoms with Crippen molar-refractivity contribution in [1.82, 2.24) is 14.9 Å². The first-order valence-corrected chi connectivity index (χ1v) is 3.80. The fraction of sp³-hybridized carbons (Fsp3) is 0.143. The van der Waals surface area contributed by atoms with Gasteiger partial charge in [0.25, 0.3) is 5.69 Å². The van der Waals surface area contributed by atoms with Crippen LogP contribution in [0, 0.1) is 17.0 Å². The van der Waals surface area contributed by atoms with E-state index in [4.69, 9.17) is 0 Å². The van der Waals surface area contributed by atoms with Crippen LogP contribution in [-0.2, 0) is 0 Å². The van der Waals surface area contributed by atoms with Crippen LogP contribution in [0.3, 0.4) is 0 Å². The number of hydrogen-bond acceptors (Lipinski definition) is 5. The van der Waals surface area contributed by atoms with Crippen LogP contribution >= 0.6 is 0 Å². The zero-order chi connectivity index (χ0) is 10.1. The van der Waals surface area contributed by atoms with Gasteiger partial charge in [0.05, 0.1) is 11.1 Å². The highest BCUT2D eigenvalue weighted by atomic mass is 16.6. The summed E-state index contributed by atoms with van der Waals surface area (Å²) in [6.45, 7) is 1.71. The Kier molecular flexibility index (Phi) is 1.77. The third-order valence-electron chi connectivity index (χ3n) is 1.76. The lowest BCUT2D eigenvalue weighted by molar-refractivity contribution is -0.384. The van der Waals surface area contributed by atoms with Gasteiger partial charge in [0, 0.05) is 12.3 Å². The Bertz CT molecular complexity index is 473. The van der Waals surface area contributed by atoms with E-state index in [2.05, 4.69) is 14.9 Å². The fourth-order valence-corrected chi connectivity index (χ4v) is 1.09. The van der Waals surface area contributed by atoms with Crippen molar-refractivity contribution >= 4 is 5.69 Å². The first-order valence-electron chi connectivity index (χ1n) is 3.80. The Morgan fingerprint density at radius 1 is 1.57 bits per heavy atom. The SMILES string of the molecule is Cc1nonc1-n1ccc([N+](=O)[O-])c1. The minimum absolute atomic E-state index is 0.00685. The van der Waals surface area contributed by atoms with Gasteiger partial charge in [-0.15, -0.1) is 0 Å². The average molecular weight is 194 g/mol. The van der Waals surface area contributed by atoms with Crippen molar-refractivity contribution in [3.63, 3.8) is 0 Å². The zero-order valence-corrected chi connectivity index (χ0v) is 7.25. The predicted molar refractivity (Wildman–Crippen MR) is 45.0 cm³/mol. The molecule has 0 bridgehead atoms. The second kappa shape index (κ2) is 2.95. The highest BCUT2D eigenvalue weighted by molar-refractivity contribution is 5.34.